The van der Waals surface area contributed by atoms with Crippen LogP contribution in [0.15, 0.2) is 5.03 Å². The molecule has 10 heteroatoms. The number of carboxylic acid groups (broad SMARTS) is 1. The SMILES string of the molecule is CCn1nc(C)c([N+](=O)[O-])c1SC[C@H](NC(C)=O)C(=O)O. The smallest absolute Gasteiger partial charge is 0.327 e. The molecule has 1 amide bonds. The number of hydrogen-bond donors (Lipinski definition) is 2. The highest BCUT2D eigenvalue weighted by Crippen LogP contribution is 2.32. The van der Waals surface area contributed by atoms with Gasteiger partial charge in [-0.15, -0.1) is 0 Å². The summed E-state index contributed by atoms with van der Waals surface area (Å²) in [5.74, 6) is -1.70. The molecule has 0 bridgehead atoms. The largest absolute Gasteiger partial charge is 0.480 e. The second-order valence-corrected chi connectivity index (χ2v) is 5.22. The van der Waals surface area contributed by atoms with Gasteiger partial charge in [0.15, 0.2) is 5.03 Å². The number of aliphatic carboxylic acids is 1. The Morgan fingerprint density at radius 3 is 2.62 bits per heavy atom. The van der Waals surface area contributed by atoms with Crippen molar-refractivity contribution in [2.24, 2.45) is 0 Å². The highest BCUT2D eigenvalue weighted by Gasteiger charge is 2.27. The van der Waals surface area contributed by atoms with E-state index in [0.29, 0.717) is 6.54 Å². The first kappa shape index (κ1) is 17.0. The van der Waals surface area contributed by atoms with Crippen LogP contribution < -0.4 is 5.32 Å². The molecule has 0 spiro atoms. The Labute approximate surface area is 124 Å². The number of nitrogens with one attached hydrogen (secondary N) is 1. The van der Waals surface area contributed by atoms with E-state index in [1.54, 1.807) is 6.92 Å². The van der Waals surface area contributed by atoms with Crippen LogP contribution >= 0.6 is 11.8 Å². The van der Waals surface area contributed by atoms with Crippen molar-refractivity contribution in [1.29, 1.82) is 0 Å². The predicted molar refractivity (Wildman–Crippen MR) is 75.3 cm³/mol. The maximum absolute atomic E-state index is 11.1. The van der Waals surface area contributed by atoms with E-state index in [0.717, 1.165) is 11.8 Å². The minimum atomic E-state index is -1.19. The van der Waals surface area contributed by atoms with Gasteiger partial charge in [0.25, 0.3) is 0 Å². The molecule has 1 atom stereocenters. The standard InChI is InChI=1S/C11H16N4O5S/c1-4-14-10(9(15(19)20)6(2)13-14)21-5-8(11(17)18)12-7(3)16/h8H,4-5H2,1-3H3,(H,12,16)(H,17,18)/t8-/m0/s1. The molecule has 0 aliphatic heterocycles. The summed E-state index contributed by atoms with van der Waals surface area (Å²) in [5, 5.41) is 26.7. The molecule has 1 rings (SSSR count). The van der Waals surface area contributed by atoms with Crippen molar-refractivity contribution < 1.29 is 19.6 Å². The van der Waals surface area contributed by atoms with Crippen molar-refractivity contribution in [1.82, 2.24) is 15.1 Å². The number of nitrogens with zero attached hydrogens (tertiary/aromatic N) is 3. The van der Waals surface area contributed by atoms with E-state index >= 15 is 0 Å². The summed E-state index contributed by atoms with van der Waals surface area (Å²) in [6.45, 7) is 4.94. The molecule has 1 heterocycles. The third-order valence-corrected chi connectivity index (χ3v) is 3.77. The van der Waals surface area contributed by atoms with Gasteiger partial charge in [0, 0.05) is 19.2 Å². The Bertz CT molecular complexity index is 571. The molecule has 1 aromatic rings. The normalized spacial score (nSPS) is 12.0. The third kappa shape index (κ3) is 4.18. The fourth-order valence-electron chi connectivity index (χ4n) is 1.70. The number of aryl methyl sites for hydroxylation is 2. The van der Waals surface area contributed by atoms with Crippen LogP contribution in [0.5, 0.6) is 0 Å². The van der Waals surface area contributed by atoms with E-state index in [1.807, 2.05) is 0 Å². The maximum atomic E-state index is 11.1. The van der Waals surface area contributed by atoms with Gasteiger partial charge < -0.3 is 10.4 Å². The van der Waals surface area contributed by atoms with E-state index in [-0.39, 0.29) is 22.2 Å². The summed E-state index contributed by atoms with van der Waals surface area (Å²) in [6.07, 6.45) is 0. The number of hydrogen-bond acceptors (Lipinski definition) is 6. The lowest BCUT2D eigenvalue weighted by Gasteiger charge is -2.12. The van der Waals surface area contributed by atoms with Crippen molar-refractivity contribution in [3.05, 3.63) is 15.8 Å². The number of thioether (sulfide) groups is 1. The fourth-order valence-corrected chi connectivity index (χ4v) is 2.93. The summed E-state index contributed by atoms with van der Waals surface area (Å²) in [4.78, 5) is 32.6. The van der Waals surface area contributed by atoms with Crippen molar-refractivity contribution in [3.63, 3.8) is 0 Å². The summed E-state index contributed by atoms with van der Waals surface area (Å²) in [7, 11) is 0. The number of carbonyl (C=O) groups excluding carboxylic acids is 1. The molecule has 0 fully saturated rings. The number of amides is 1. The third-order valence-electron chi connectivity index (χ3n) is 2.59. The van der Waals surface area contributed by atoms with Gasteiger partial charge in [-0.25, -0.2) is 4.79 Å². The van der Waals surface area contributed by atoms with Gasteiger partial charge in [-0.2, -0.15) is 5.10 Å². The average molecular weight is 316 g/mol. The van der Waals surface area contributed by atoms with Crippen LogP contribution in [-0.4, -0.2) is 43.5 Å². The first-order valence-corrected chi connectivity index (χ1v) is 7.11. The molecule has 0 aliphatic carbocycles. The molecule has 0 aliphatic rings. The Balaban J connectivity index is 2.98. The predicted octanol–water partition coefficient (Wildman–Crippen LogP) is 0.801. The zero-order valence-electron chi connectivity index (χ0n) is 11.8. The number of rotatable bonds is 7. The molecule has 0 aromatic carbocycles. The van der Waals surface area contributed by atoms with Crippen LogP contribution in [-0.2, 0) is 16.1 Å². The minimum Gasteiger partial charge on any atom is -0.480 e. The van der Waals surface area contributed by atoms with Gasteiger partial charge in [-0.1, -0.05) is 11.8 Å². The van der Waals surface area contributed by atoms with Crippen molar-refractivity contribution in [3.8, 4) is 0 Å². The van der Waals surface area contributed by atoms with E-state index in [2.05, 4.69) is 10.4 Å². The lowest BCUT2D eigenvalue weighted by Crippen LogP contribution is -2.41. The Hall–Kier alpha value is -2.10. The molecule has 0 radical (unpaired) electrons. The molecule has 0 saturated heterocycles. The lowest BCUT2D eigenvalue weighted by atomic mass is 10.3. The topological polar surface area (TPSA) is 127 Å². The summed E-state index contributed by atoms with van der Waals surface area (Å²) in [6, 6.07) is -1.12. The highest BCUT2D eigenvalue weighted by atomic mass is 32.2. The monoisotopic (exact) mass is 316 g/mol. The lowest BCUT2D eigenvalue weighted by molar-refractivity contribution is -0.388. The molecule has 21 heavy (non-hydrogen) atoms. The summed E-state index contributed by atoms with van der Waals surface area (Å²) < 4.78 is 1.45. The zero-order chi connectivity index (χ0) is 16.2. The van der Waals surface area contributed by atoms with Crippen molar-refractivity contribution >= 4 is 29.3 Å². The first-order valence-electron chi connectivity index (χ1n) is 6.12. The van der Waals surface area contributed by atoms with Crippen molar-refractivity contribution in [2.45, 2.75) is 38.4 Å². The average Bonchev–Trinajstić information content (AvgIpc) is 2.69. The van der Waals surface area contributed by atoms with Gasteiger partial charge in [0.1, 0.15) is 11.7 Å². The first-order chi connectivity index (χ1) is 9.77. The Kier molecular flexibility index (Phi) is 5.70. The maximum Gasteiger partial charge on any atom is 0.327 e. The second kappa shape index (κ2) is 7.07. The van der Waals surface area contributed by atoms with E-state index in [4.69, 9.17) is 5.11 Å². The molecule has 0 unspecified atom stereocenters. The molecular weight excluding hydrogens is 300 g/mol. The Morgan fingerprint density at radius 1 is 1.57 bits per heavy atom. The molecule has 0 saturated carbocycles. The zero-order valence-corrected chi connectivity index (χ0v) is 12.6. The number of nitro groups is 1. The summed E-state index contributed by atoms with van der Waals surface area (Å²) >= 11 is 0.989. The van der Waals surface area contributed by atoms with Crippen LogP contribution in [0, 0.1) is 17.0 Å². The van der Waals surface area contributed by atoms with Gasteiger partial charge >= 0.3 is 11.7 Å². The fraction of sp³-hybridized carbons (Fsp3) is 0.545. The van der Waals surface area contributed by atoms with Crippen LogP contribution in [0.1, 0.15) is 19.5 Å². The quantitative estimate of drug-likeness (QED) is 0.432. The highest BCUT2D eigenvalue weighted by molar-refractivity contribution is 7.99. The van der Waals surface area contributed by atoms with Gasteiger partial charge in [-0.3, -0.25) is 19.6 Å². The second-order valence-electron chi connectivity index (χ2n) is 4.21. The van der Waals surface area contributed by atoms with Gasteiger partial charge in [-0.05, 0) is 13.8 Å². The van der Waals surface area contributed by atoms with Crippen LogP contribution in [0.3, 0.4) is 0 Å². The minimum absolute atomic E-state index is 0.0269. The van der Waals surface area contributed by atoms with Gasteiger partial charge in [0.05, 0.1) is 4.92 Å². The molecule has 2 N–H and O–H groups in total. The van der Waals surface area contributed by atoms with Crippen molar-refractivity contribution in [2.75, 3.05) is 5.75 Å². The van der Waals surface area contributed by atoms with Crippen LogP contribution in [0.25, 0.3) is 0 Å². The summed E-state index contributed by atoms with van der Waals surface area (Å²) in [5.41, 5.74) is 0.143. The van der Waals surface area contributed by atoms with Crippen LogP contribution in [0.2, 0.25) is 0 Å². The Morgan fingerprint density at radius 2 is 2.19 bits per heavy atom. The van der Waals surface area contributed by atoms with E-state index in [9.17, 15) is 19.7 Å². The van der Waals surface area contributed by atoms with E-state index < -0.39 is 22.8 Å². The number of carboxylic acids is 1. The number of carbonyl (C=O) groups is 2. The molecular formula is C11H16N4O5S. The molecule has 1 aromatic heterocycles. The van der Waals surface area contributed by atoms with E-state index in [1.165, 1.54) is 18.5 Å². The van der Waals surface area contributed by atoms with Gasteiger partial charge in [0.2, 0.25) is 5.91 Å². The van der Waals surface area contributed by atoms with Crippen LogP contribution in [0.4, 0.5) is 5.69 Å². The molecule has 9 nitrogen and oxygen atoms in total. The number of aromatic nitrogens is 2. The molecule has 116 valence electrons.